The van der Waals surface area contributed by atoms with Gasteiger partial charge < -0.3 is 67.8 Å². The summed E-state index contributed by atoms with van der Waals surface area (Å²) in [5, 5.41) is 37.4. The van der Waals surface area contributed by atoms with Crippen LogP contribution in [0.5, 0.6) is 92.0 Å². The Bertz CT molecular complexity index is 7890. The fourth-order valence-corrected chi connectivity index (χ4v) is 17.5. The maximum Gasteiger partial charge on any atom is 2.00 e. The summed E-state index contributed by atoms with van der Waals surface area (Å²) < 4.78 is 403. The van der Waals surface area contributed by atoms with Crippen LogP contribution >= 0.6 is 0 Å². The van der Waals surface area contributed by atoms with E-state index in [1.807, 2.05) is 0 Å². The molecule has 0 spiro atoms. The van der Waals surface area contributed by atoms with Crippen LogP contribution in [-0.4, -0.2) is 97.2 Å². The number of nitrogens with two attached hydrogens (primary N) is 8. The zero-order valence-electron chi connectivity index (χ0n) is 67.5. The molecule has 15 aromatic rings. The van der Waals surface area contributed by atoms with Crippen molar-refractivity contribution in [3.8, 4) is 138 Å². The third kappa shape index (κ3) is 18.7. The van der Waals surface area contributed by atoms with Crippen molar-refractivity contribution in [1.29, 1.82) is 0 Å². The first-order chi connectivity index (χ1) is 63.7. The van der Waals surface area contributed by atoms with Crippen LogP contribution < -0.4 is 89.0 Å². The minimum absolute atomic E-state index is 0. The maximum absolute atomic E-state index is 19.3. The van der Waals surface area contributed by atoms with Gasteiger partial charge in [-0.05, 0) is 194 Å². The predicted molar refractivity (Wildman–Crippen MR) is 457 cm³/mol. The molecule has 16 N–H and O–H groups in total. The summed E-state index contributed by atoms with van der Waals surface area (Å²) in [6.07, 6.45) is 0. The average Bonchev–Trinajstić information content (AvgIpc) is 1.56. The van der Waals surface area contributed by atoms with Crippen LogP contribution in [0.2, 0.25) is 0 Å². The third-order valence-electron chi connectivity index (χ3n) is 19.6. The van der Waals surface area contributed by atoms with Crippen molar-refractivity contribution in [2.45, 2.75) is 39.2 Å². The Morgan fingerprint density at radius 1 is 0.190 bits per heavy atom. The van der Waals surface area contributed by atoms with Gasteiger partial charge in [0.15, 0.2) is 46.5 Å². The van der Waals surface area contributed by atoms with Gasteiger partial charge in [-0.2, -0.15) is 0 Å². The minimum Gasteiger partial charge on any atom is -0.450 e. The maximum atomic E-state index is 19.3. The van der Waals surface area contributed by atoms with E-state index in [9.17, 15) is 67.3 Å². The molecule has 0 unspecified atom stereocenters. The molecule has 2 aliphatic rings. The zero-order valence-corrected chi connectivity index (χ0v) is 77.0. The van der Waals surface area contributed by atoms with Crippen LogP contribution in [0.3, 0.4) is 0 Å². The van der Waals surface area contributed by atoms with E-state index in [1.54, 1.807) is 0 Å². The van der Waals surface area contributed by atoms with Gasteiger partial charge in [0.1, 0.15) is 46.0 Å². The molecule has 2 aliphatic heterocycles. The number of primary sulfonamides is 8. The number of halogens is 8. The Morgan fingerprint density at radius 3 is 0.423 bits per heavy atom. The average molecular weight is 2090 g/mol. The number of benzene rings is 12. The molecule has 0 saturated heterocycles. The molecule has 40 nitrogen and oxygen atoms in total. The quantitative estimate of drug-likeness (QED) is 0.0206. The number of fused-ring (bicyclic) bond motifs is 20. The van der Waals surface area contributed by atoms with Crippen molar-refractivity contribution in [2.24, 2.45) is 41.1 Å². The second kappa shape index (κ2) is 34.8. The first kappa shape index (κ1) is 95.9. The van der Waals surface area contributed by atoms with Gasteiger partial charge in [0, 0.05) is 44.1 Å². The van der Waals surface area contributed by atoms with Crippen molar-refractivity contribution in [3.05, 3.63) is 241 Å². The number of hydrogen-bond acceptors (Lipinski definition) is 30. The first-order valence-corrected chi connectivity index (χ1v) is 49.5. The number of nitrogens with zero attached hydrogens (tertiary/aromatic N) is 8. The Labute approximate surface area is 776 Å². The Balaban J connectivity index is 0.0000136. The number of hydrogen-bond donors (Lipinski definition) is 8. The molecule has 57 heteroatoms. The smallest absolute Gasteiger partial charge is 0.450 e. The molecule has 0 aliphatic carbocycles. The molecule has 17 rings (SSSR count). The van der Waals surface area contributed by atoms with Crippen molar-refractivity contribution >= 4 is 124 Å². The van der Waals surface area contributed by atoms with Gasteiger partial charge in [-0.15, -0.1) is 0 Å². The molecule has 0 amide bonds. The SMILES string of the molecule is NS(=O)(=O)c1ccc(Oc2c(F)c3c(c(F)c2Oc2ccc(S(N)(=O)=O)cc2)-c2nc-3nc3[n-]c(nc4nc(nc5[n-]c(n2)c2c(F)c(Oc6ccc(S(N)(=O)=O)cc6)c(Oc6ccc(S(N)(=O)=O)cc6)c(F)c52)-c2c(F)c(Oc5ccc(S(N)(=O)=O)cc5)c(Oc5ccc(S(N)(=O)=O)cc5)c(F)c2-4)c2c(F)c(Oc4ccc(S(N)(=O)=O)cc4)c(Oc4ccc(S(N)(=O)=O)cc4)c(F)c32)cc1.[Zn+2]. The Morgan fingerprint density at radius 2 is 0.307 bits per heavy atom. The van der Waals surface area contributed by atoms with Crippen molar-refractivity contribution in [1.82, 2.24) is 39.9 Å². The summed E-state index contributed by atoms with van der Waals surface area (Å²) in [6.45, 7) is 0. The molecule has 12 aromatic carbocycles. The summed E-state index contributed by atoms with van der Waals surface area (Å²) in [4.78, 5) is 29.9. The fraction of sp³-hybridized carbons (Fsp3) is 0. The number of aromatic nitrogens is 8. The summed E-state index contributed by atoms with van der Waals surface area (Å²) in [6, 6.07) is 26.5. The normalized spacial score (nSPS) is 12.5. The van der Waals surface area contributed by atoms with Crippen LogP contribution in [0, 0.1) is 46.5 Å². The van der Waals surface area contributed by atoms with E-state index in [-0.39, 0.29) is 19.5 Å². The Hall–Kier alpha value is -14.3. The number of ether oxygens (including phenoxy) is 8. The van der Waals surface area contributed by atoms with Gasteiger partial charge in [-0.1, -0.05) is 0 Å². The standard InChI is InChI=1S/C80H48F8N16O24S8.Zn/c81-57-49-50(58(82)66(122-34-3-19-42(20-4-34)130(90,107)108)65(57)121-33-1-17-41(18-2-33)129(89,105)106)74-97-73(49)101-75-51-52(60(84)68(124-36-7-23-44(24-8-36)132(92,111)112)67(59(51)83)123-35-5-21-43(22-6-35)131(91,109)110)77(98-75)103-79-55-56(64(88)72(128-40-15-31-48(32-16-40)136(96,119)120)71(63(55)87)127-39-13-29-47(30-14-39)135(95,117)118)80(100-79)104-78-54-53(76(99-78)102-74)61(85)69(125-37-9-25-45(26-10-37)133(93,113)114)70(62(54)86)126-38-11-27-46(28-12-38)134(94,115)116;/h1-32H,(H16-2,89,90,91,92,93,94,95,96,97,98,99,100,101,102,103,104,105,106,107,108,109,110,111,112,113,114,115,116,117,118,119,120);/q-2;+2. The Kier molecular flexibility index (Phi) is 24.4. The molecule has 0 fully saturated rings. The van der Waals surface area contributed by atoms with Gasteiger partial charge in [-0.3, -0.25) is 0 Å². The molecule has 0 saturated carbocycles. The van der Waals surface area contributed by atoms with E-state index in [1.165, 1.54) is 0 Å². The zero-order chi connectivity index (χ0) is 97.7. The molecular formula is C80H48F8N16O24S8Zn. The van der Waals surface area contributed by atoms with Crippen molar-refractivity contribution in [3.63, 3.8) is 0 Å². The van der Waals surface area contributed by atoms with E-state index < -0.39 is 348 Å². The molecule has 137 heavy (non-hydrogen) atoms. The van der Waals surface area contributed by atoms with Crippen LogP contribution in [0.15, 0.2) is 233 Å². The second-order valence-corrected chi connectivity index (χ2v) is 41.1. The molecule has 0 radical (unpaired) electrons. The van der Waals surface area contributed by atoms with E-state index in [2.05, 4.69) is 39.9 Å². The van der Waals surface area contributed by atoms with Gasteiger partial charge >= 0.3 is 19.5 Å². The van der Waals surface area contributed by atoms with Gasteiger partial charge in [-0.25, -0.2) is 154 Å². The van der Waals surface area contributed by atoms with Gasteiger partial charge in [0.2, 0.25) is 126 Å². The minimum atomic E-state index is -4.56. The van der Waals surface area contributed by atoms with Gasteiger partial charge in [0.05, 0.1) is 84.7 Å². The molecule has 8 bridgehead atoms. The summed E-state index contributed by atoms with van der Waals surface area (Å²) >= 11 is 0. The van der Waals surface area contributed by atoms with Gasteiger partial charge in [0.25, 0.3) is 0 Å². The van der Waals surface area contributed by atoms with Crippen LogP contribution in [-0.2, 0) is 99.7 Å². The summed E-state index contributed by atoms with van der Waals surface area (Å²) in [5.74, 6) is -37.9. The van der Waals surface area contributed by atoms with E-state index in [0.717, 1.165) is 194 Å². The van der Waals surface area contributed by atoms with Crippen molar-refractivity contribution < 1.29 is 160 Å². The monoisotopic (exact) mass is 2090 g/mol. The largest absolute Gasteiger partial charge is 2.00 e. The van der Waals surface area contributed by atoms with E-state index in [0.29, 0.717) is 0 Å². The molecule has 5 heterocycles. The van der Waals surface area contributed by atoms with E-state index >= 15 is 35.1 Å². The summed E-state index contributed by atoms with van der Waals surface area (Å²) in [7, 11) is -36.4. The molecule has 698 valence electrons. The third-order valence-corrected chi connectivity index (χ3v) is 27.1. The van der Waals surface area contributed by atoms with E-state index in [4.69, 9.17) is 79.0 Å². The first-order valence-electron chi connectivity index (χ1n) is 37.1. The molecule has 0 atom stereocenters. The molecular weight excluding hydrogens is 2040 g/mol. The fourth-order valence-electron chi connectivity index (χ4n) is 13.4. The predicted octanol–water partition coefficient (Wildman–Crippen LogP) is 10.8. The summed E-state index contributed by atoms with van der Waals surface area (Å²) in [5.41, 5.74) is -11.1. The van der Waals surface area contributed by atoms with Crippen LogP contribution in [0.4, 0.5) is 35.1 Å². The van der Waals surface area contributed by atoms with Crippen LogP contribution in [0.25, 0.3) is 89.7 Å². The van der Waals surface area contributed by atoms with Crippen LogP contribution in [0.1, 0.15) is 0 Å². The molecule has 3 aromatic heterocycles. The number of sulfonamides is 8. The van der Waals surface area contributed by atoms with Crippen molar-refractivity contribution in [2.75, 3.05) is 0 Å². The number of rotatable bonds is 24. The second-order valence-electron chi connectivity index (χ2n) is 28.6. The topological polar surface area (TPSA) is 661 Å².